The molecule has 2 aromatic rings. The highest BCUT2D eigenvalue weighted by atomic mass is 16.1. The molecule has 0 aliphatic rings. The van der Waals surface area contributed by atoms with Crippen molar-refractivity contribution in [2.45, 2.75) is 0 Å². The van der Waals surface area contributed by atoms with E-state index in [1.807, 2.05) is 14.1 Å². The molecule has 0 saturated carbocycles. The summed E-state index contributed by atoms with van der Waals surface area (Å²) in [5.41, 5.74) is 0.442. The Morgan fingerprint density at radius 1 is 1.36 bits per heavy atom. The second-order valence-electron chi connectivity index (χ2n) is 4.80. The van der Waals surface area contributed by atoms with Crippen LogP contribution in [0.15, 0.2) is 41.6 Å². The monoisotopic (exact) mass is 294 g/mol. The highest BCUT2D eigenvalue weighted by molar-refractivity contribution is 6.10. The van der Waals surface area contributed by atoms with Crippen LogP contribution in [0.3, 0.4) is 0 Å². The van der Waals surface area contributed by atoms with Gasteiger partial charge in [-0.15, -0.1) is 0 Å². The van der Waals surface area contributed by atoms with Gasteiger partial charge >= 0.3 is 0 Å². The number of carbonyl (C=O) groups excluding carboxylic acids is 1. The molecule has 6 heteroatoms. The zero-order valence-corrected chi connectivity index (χ0v) is 12.2. The number of aromatic nitrogens is 2. The molecule has 0 fully saturated rings. The summed E-state index contributed by atoms with van der Waals surface area (Å²) in [6.07, 6.45) is 6.36. The molecule has 110 valence electrons. The van der Waals surface area contributed by atoms with Gasteiger partial charge in [-0.2, -0.15) is 5.26 Å². The van der Waals surface area contributed by atoms with Gasteiger partial charge in [0.1, 0.15) is 11.6 Å². The predicted molar refractivity (Wildman–Crippen MR) is 82.2 cm³/mol. The van der Waals surface area contributed by atoms with Crippen molar-refractivity contribution >= 4 is 11.9 Å². The molecule has 0 bridgehead atoms. The Labute approximate surface area is 127 Å². The number of carbonyl (C=O) groups is 1. The second kappa shape index (κ2) is 6.50. The van der Waals surface area contributed by atoms with Crippen LogP contribution in [0.5, 0.6) is 0 Å². The number of pyridine rings is 2. The molecule has 2 heterocycles. The van der Waals surface area contributed by atoms with Crippen molar-refractivity contribution in [3.05, 3.63) is 69.5 Å². The van der Waals surface area contributed by atoms with Crippen molar-refractivity contribution in [1.29, 1.82) is 5.26 Å². The van der Waals surface area contributed by atoms with Gasteiger partial charge < -0.3 is 9.88 Å². The van der Waals surface area contributed by atoms with E-state index in [2.05, 4.69) is 9.97 Å². The highest BCUT2D eigenvalue weighted by Crippen LogP contribution is 2.14. The van der Waals surface area contributed by atoms with Gasteiger partial charge in [0.05, 0.1) is 5.69 Å². The number of rotatable bonds is 4. The van der Waals surface area contributed by atoms with Crippen LogP contribution in [-0.2, 0) is 0 Å². The Balaban J connectivity index is 2.60. The van der Waals surface area contributed by atoms with E-state index in [0.29, 0.717) is 11.3 Å². The van der Waals surface area contributed by atoms with Crippen LogP contribution in [0, 0.1) is 11.3 Å². The van der Waals surface area contributed by atoms with Gasteiger partial charge in [-0.1, -0.05) is 0 Å². The van der Waals surface area contributed by atoms with Crippen molar-refractivity contribution in [2.75, 3.05) is 14.1 Å². The summed E-state index contributed by atoms with van der Waals surface area (Å²) in [6, 6.07) is 6.27. The highest BCUT2D eigenvalue weighted by Gasteiger charge is 2.15. The molecule has 2 rings (SSSR count). The van der Waals surface area contributed by atoms with E-state index in [1.54, 1.807) is 35.4 Å². The Kier molecular flexibility index (Phi) is 4.49. The molecule has 2 aromatic heterocycles. The molecule has 0 amide bonds. The van der Waals surface area contributed by atoms with Crippen molar-refractivity contribution in [2.24, 2.45) is 0 Å². The number of hydrogen-bond donors (Lipinski definition) is 1. The topological polar surface area (TPSA) is 89.9 Å². The van der Waals surface area contributed by atoms with Gasteiger partial charge in [0, 0.05) is 43.8 Å². The fourth-order valence-electron chi connectivity index (χ4n) is 1.83. The summed E-state index contributed by atoms with van der Waals surface area (Å²) in [7, 11) is 3.64. The van der Waals surface area contributed by atoms with E-state index in [0.717, 1.165) is 0 Å². The minimum absolute atomic E-state index is 0.0978. The van der Waals surface area contributed by atoms with Gasteiger partial charge in [0.15, 0.2) is 5.78 Å². The second-order valence-corrected chi connectivity index (χ2v) is 4.80. The summed E-state index contributed by atoms with van der Waals surface area (Å²) >= 11 is 0. The lowest BCUT2D eigenvalue weighted by Gasteiger charge is -2.08. The SMILES string of the molecule is CN(C)C=Cc1[nH]c(=O)c(C#N)cc1C(=O)c1ccncc1. The van der Waals surface area contributed by atoms with Crippen LogP contribution in [0.2, 0.25) is 0 Å². The number of H-pyrrole nitrogens is 1. The maximum atomic E-state index is 12.6. The number of nitrogens with zero attached hydrogens (tertiary/aromatic N) is 3. The molecule has 0 spiro atoms. The molecule has 0 aliphatic heterocycles. The third-order valence-electron chi connectivity index (χ3n) is 2.92. The van der Waals surface area contributed by atoms with Gasteiger partial charge in [0.2, 0.25) is 0 Å². The lowest BCUT2D eigenvalue weighted by molar-refractivity contribution is 0.103. The normalized spacial score (nSPS) is 10.4. The summed E-state index contributed by atoms with van der Waals surface area (Å²) in [4.78, 5) is 32.6. The fourth-order valence-corrected chi connectivity index (χ4v) is 1.83. The minimum Gasteiger partial charge on any atom is -0.383 e. The van der Waals surface area contributed by atoms with E-state index in [1.165, 1.54) is 18.5 Å². The summed E-state index contributed by atoms with van der Waals surface area (Å²) in [5.74, 6) is -0.284. The third kappa shape index (κ3) is 3.27. The Morgan fingerprint density at radius 2 is 2.05 bits per heavy atom. The van der Waals surface area contributed by atoms with Crippen LogP contribution in [0.4, 0.5) is 0 Å². The molecule has 0 saturated heterocycles. The third-order valence-corrected chi connectivity index (χ3v) is 2.92. The molecule has 0 aromatic carbocycles. The Bertz CT molecular complexity index is 814. The van der Waals surface area contributed by atoms with E-state index < -0.39 is 5.56 Å². The molecule has 1 N–H and O–H groups in total. The largest absolute Gasteiger partial charge is 0.383 e. The van der Waals surface area contributed by atoms with Crippen molar-refractivity contribution < 1.29 is 4.79 Å². The molecule has 0 atom stereocenters. The van der Waals surface area contributed by atoms with Gasteiger partial charge in [-0.05, 0) is 24.3 Å². The molecule has 6 nitrogen and oxygen atoms in total. The lowest BCUT2D eigenvalue weighted by Crippen LogP contribution is -2.16. The Morgan fingerprint density at radius 3 is 2.64 bits per heavy atom. The van der Waals surface area contributed by atoms with Crippen molar-refractivity contribution in [1.82, 2.24) is 14.9 Å². The lowest BCUT2D eigenvalue weighted by atomic mass is 10.0. The van der Waals surface area contributed by atoms with E-state index >= 15 is 0 Å². The van der Waals surface area contributed by atoms with Crippen molar-refractivity contribution in [3.63, 3.8) is 0 Å². The van der Waals surface area contributed by atoms with Gasteiger partial charge in [-0.3, -0.25) is 14.6 Å². The fraction of sp³-hybridized carbons (Fsp3) is 0.125. The zero-order chi connectivity index (χ0) is 16.1. The van der Waals surface area contributed by atoms with Crippen LogP contribution in [-0.4, -0.2) is 34.7 Å². The van der Waals surface area contributed by atoms with Gasteiger partial charge in [-0.25, -0.2) is 0 Å². The molecule has 22 heavy (non-hydrogen) atoms. The molecule has 0 unspecified atom stereocenters. The quantitative estimate of drug-likeness (QED) is 0.861. The Hall–Kier alpha value is -3.20. The van der Waals surface area contributed by atoms with E-state index in [4.69, 9.17) is 5.26 Å². The van der Waals surface area contributed by atoms with Gasteiger partial charge in [0.25, 0.3) is 5.56 Å². The molecule has 0 radical (unpaired) electrons. The van der Waals surface area contributed by atoms with Crippen molar-refractivity contribution in [3.8, 4) is 6.07 Å². The van der Waals surface area contributed by atoms with E-state index in [-0.39, 0.29) is 16.9 Å². The first kappa shape index (κ1) is 15.2. The predicted octanol–water partition coefficient (Wildman–Crippen LogP) is 1.40. The molecular formula is C16H14N4O2. The first-order valence-corrected chi connectivity index (χ1v) is 6.49. The smallest absolute Gasteiger partial charge is 0.266 e. The first-order valence-electron chi connectivity index (χ1n) is 6.49. The van der Waals surface area contributed by atoms with Crippen LogP contribution < -0.4 is 5.56 Å². The number of hydrogen-bond acceptors (Lipinski definition) is 5. The molecule has 0 aliphatic carbocycles. The van der Waals surface area contributed by atoms with Crippen LogP contribution >= 0.6 is 0 Å². The van der Waals surface area contributed by atoms with Crippen LogP contribution in [0.25, 0.3) is 6.08 Å². The number of ketones is 1. The van der Waals surface area contributed by atoms with E-state index in [9.17, 15) is 9.59 Å². The average molecular weight is 294 g/mol. The average Bonchev–Trinajstić information content (AvgIpc) is 2.53. The summed E-state index contributed by atoms with van der Waals surface area (Å²) < 4.78 is 0. The summed E-state index contributed by atoms with van der Waals surface area (Å²) in [6.45, 7) is 0. The number of nitrogens with one attached hydrogen (secondary N) is 1. The number of aromatic amines is 1. The maximum absolute atomic E-state index is 12.6. The standard InChI is InChI=1S/C16H14N4O2/c1-20(2)8-5-14-13(9-12(10-17)16(22)19-14)15(21)11-3-6-18-7-4-11/h3-9H,1-2H3,(H,19,22). The zero-order valence-electron chi connectivity index (χ0n) is 12.2. The van der Waals surface area contributed by atoms with Crippen LogP contribution in [0.1, 0.15) is 27.2 Å². The number of nitriles is 1. The summed E-state index contributed by atoms with van der Waals surface area (Å²) in [5, 5.41) is 8.99. The minimum atomic E-state index is -0.521. The first-order chi connectivity index (χ1) is 10.5. The maximum Gasteiger partial charge on any atom is 0.266 e. The molecular weight excluding hydrogens is 280 g/mol.